The summed E-state index contributed by atoms with van der Waals surface area (Å²) in [5.41, 5.74) is 2.14. The number of rotatable bonds is 4. The Morgan fingerprint density at radius 3 is 2.24 bits per heavy atom. The largest absolute Gasteiger partial charge is 0.293 e. The van der Waals surface area contributed by atoms with Crippen LogP contribution in [0, 0.1) is 19.7 Å². The first kappa shape index (κ1) is 15.4. The lowest BCUT2D eigenvalue weighted by molar-refractivity contribution is 0.102. The summed E-state index contributed by atoms with van der Waals surface area (Å²) in [6.07, 6.45) is 0. The Kier molecular flexibility index (Phi) is 4.23. The molecule has 0 unspecified atom stereocenters. The van der Waals surface area contributed by atoms with Gasteiger partial charge in [-0.1, -0.05) is 23.8 Å². The Balaban J connectivity index is 2.28. The Bertz CT molecular complexity index is 778. The standard InChI is InChI=1S/C16H15FO3S/c1-11-3-8-15(12(2)9-11)16(18)10-21(19,20)14-6-4-13(17)5-7-14/h3-9H,10H2,1-2H3. The van der Waals surface area contributed by atoms with E-state index in [1.165, 1.54) is 12.1 Å². The Morgan fingerprint density at radius 2 is 1.67 bits per heavy atom. The van der Waals surface area contributed by atoms with Crippen LogP contribution in [0.15, 0.2) is 47.4 Å². The van der Waals surface area contributed by atoms with Crippen molar-refractivity contribution < 1.29 is 17.6 Å². The lowest BCUT2D eigenvalue weighted by atomic mass is 10.0. The third-order valence-electron chi connectivity index (χ3n) is 3.18. The smallest absolute Gasteiger partial charge is 0.185 e. The van der Waals surface area contributed by atoms with Crippen LogP contribution >= 0.6 is 0 Å². The molecule has 0 spiro atoms. The average Bonchev–Trinajstić information content (AvgIpc) is 2.38. The van der Waals surface area contributed by atoms with E-state index in [0.29, 0.717) is 5.56 Å². The molecule has 0 amide bonds. The second kappa shape index (κ2) is 5.77. The normalized spacial score (nSPS) is 11.4. The number of sulfone groups is 1. The van der Waals surface area contributed by atoms with Crippen molar-refractivity contribution in [3.8, 4) is 0 Å². The molecule has 2 aromatic carbocycles. The van der Waals surface area contributed by atoms with Gasteiger partial charge in [0, 0.05) is 5.56 Å². The third-order valence-corrected chi connectivity index (χ3v) is 4.81. The minimum absolute atomic E-state index is 0.0537. The van der Waals surface area contributed by atoms with Crippen molar-refractivity contribution in [2.45, 2.75) is 18.7 Å². The molecule has 0 N–H and O–H groups in total. The number of aryl methyl sites for hydroxylation is 2. The number of ketones is 1. The second-order valence-corrected chi connectivity index (χ2v) is 6.94. The molecule has 0 fully saturated rings. The summed E-state index contributed by atoms with van der Waals surface area (Å²) in [6.45, 7) is 3.67. The molecule has 0 heterocycles. The van der Waals surface area contributed by atoms with Gasteiger partial charge in [-0.05, 0) is 43.7 Å². The van der Waals surface area contributed by atoms with E-state index in [4.69, 9.17) is 0 Å². The van der Waals surface area contributed by atoms with Crippen molar-refractivity contribution in [3.63, 3.8) is 0 Å². The van der Waals surface area contributed by atoms with Crippen LogP contribution in [0.4, 0.5) is 4.39 Å². The van der Waals surface area contributed by atoms with Gasteiger partial charge < -0.3 is 0 Å². The number of benzene rings is 2. The van der Waals surface area contributed by atoms with Gasteiger partial charge >= 0.3 is 0 Å². The number of hydrogen-bond acceptors (Lipinski definition) is 3. The van der Waals surface area contributed by atoms with Crippen LogP contribution < -0.4 is 0 Å². The van der Waals surface area contributed by atoms with Crippen molar-refractivity contribution in [3.05, 3.63) is 65.0 Å². The number of carbonyl (C=O) groups excluding carboxylic acids is 1. The highest BCUT2D eigenvalue weighted by atomic mass is 32.2. The zero-order valence-corrected chi connectivity index (χ0v) is 12.6. The molecule has 110 valence electrons. The van der Waals surface area contributed by atoms with Gasteiger partial charge in [0.1, 0.15) is 11.6 Å². The highest BCUT2D eigenvalue weighted by Gasteiger charge is 2.21. The van der Waals surface area contributed by atoms with Crippen molar-refractivity contribution >= 4 is 15.6 Å². The van der Waals surface area contributed by atoms with Gasteiger partial charge in [0.2, 0.25) is 0 Å². The number of carbonyl (C=O) groups is 1. The number of halogens is 1. The van der Waals surface area contributed by atoms with Crippen molar-refractivity contribution in [2.24, 2.45) is 0 Å². The summed E-state index contributed by atoms with van der Waals surface area (Å²) in [4.78, 5) is 12.1. The predicted octanol–water partition coefficient (Wildman–Crippen LogP) is 3.10. The SMILES string of the molecule is Cc1ccc(C(=O)CS(=O)(=O)c2ccc(F)cc2)c(C)c1. The fourth-order valence-electron chi connectivity index (χ4n) is 2.10. The van der Waals surface area contributed by atoms with Gasteiger partial charge in [0.05, 0.1) is 4.90 Å². The number of Topliss-reactive ketones (excluding diaryl/α,β-unsaturated/α-hetero) is 1. The molecule has 0 aliphatic carbocycles. The highest BCUT2D eigenvalue weighted by Crippen LogP contribution is 2.16. The van der Waals surface area contributed by atoms with Gasteiger partial charge in [0.15, 0.2) is 15.6 Å². The first-order chi connectivity index (χ1) is 9.79. The van der Waals surface area contributed by atoms with Crippen molar-refractivity contribution in [2.75, 3.05) is 5.75 Å². The van der Waals surface area contributed by atoms with Gasteiger partial charge in [-0.3, -0.25) is 4.79 Å². The molecule has 0 saturated carbocycles. The van der Waals surface area contributed by atoms with E-state index in [0.717, 1.165) is 23.3 Å². The van der Waals surface area contributed by atoms with E-state index in [1.54, 1.807) is 19.1 Å². The summed E-state index contributed by atoms with van der Waals surface area (Å²) in [7, 11) is -3.77. The monoisotopic (exact) mass is 306 g/mol. The summed E-state index contributed by atoms with van der Waals surface area (Å²) in [6, 6.07) is 9.69. The first-order valence-corrected chi connectivity index (χ1v) is 8.03. The summed E-state index contributed by atoms with van der Waals surface area (Å²) < 4.78 is 37.2. The molecule has 0 saturated heterocycles. The van der Waals surface area contributed by atoms with Gasteiger partial charge in [-0.15, -0.1) is 0 Å². The summed E-state index contributed by atoms with van der Waals surface area (Å²) in [5.74, 6) is -1.60. The van der Waals surface area contributed by atoms with Crippen LogP contribution in [-0.4, -0.2) is 20.0 Å². The molecule has 21 heavy (non-hydrogen) atoms. The molecular weight excluding hydrogens is 291 g/mol. The maximum atomic E-state index is 12.8. The van der Waals surface area contributed by atoms with Crippen LogP contribution in [0.2, 0.25) is 0 Å². The fraction of sp³-hybridized carbons (Fsp3) is 0.188. The van der Waals surface area contributed by atoms with E-state index in [2.05, 4.69) is 0 Å². The molecule has 0 radical (unpaired) electrons. The van der Waals surface area contributed by atoms with Gasteiger partial charge in [0.25, 0.3) is 0 Å². The molecule has 2 rings (SSSR count). The molecule has 5 heteroatoms. The Hall–Kier alpha value is -2.01. The predicted molar refractivity (Wildman–Crippen MR) is 78.7 cm³/mol. The topological polar surface area (TPSA) is 51.2 Å². The first-order valence-electron chi connectivity index (χ1n) is 6.38. The lowest BCUT2D eigenvalue weighted by Gasteiger charge is -2.07. The second-order valence-electron chi connectivity index (χ2n) is 4.95. The van der Waals surface area contributed by atoms with Crippen LogP contribution in [0.5, 0.6) is 0 Å². The lowest BCUT2D eigenvalue weighted by Crippen LogP contribution is -2.17. The molecule has 3 nitrogen and oxygen atoms in total. The molecule has 2 aromatic rings. The maximum absolute atomic E-state index is 12.8. The van der Waals surface area contributed by atoms with Gasteiger partial charge in [-0.25, -0.2) is 12.8 Å². The Labute approximate surface area is 123 Å². The van der Waals surface area contributed by atoms with Crippen molar-refractivity contribution in [1.82, 2.24) is 0 Å². The maximum Gasteiger partial charge on any atom is 0.185 e. The summed E-state index contributed by atoms with van der Waals surface area (Å²) >= 11 is 0. The van der Waals surface area contributed by atoms with E-state index in [9.17, 15) is 17.6 Å². The average molecular weight is 306 g/mol. The zero-order valence-electron chi connectivity index (χ0n) is 11.8. The molecule has 0 atom stereocenters. The quantitative estimate of drug-likeness (QED) is 0.644. The van der Waals surface area contributed by atoms with E-state index in [1.807, 2.05) is 13.0 Å². The van der Waals surface area contributed by atoms with Crippen LogP contribution in [-0.2, 0) is 9.84 Å². The zero-order chi connectivity index (χ0) is 15.6. The molecule has 0 aromatic heterocycles. The minimum atomic E-state index is -3.77. The summed E-state index contributed by atoms with van der Waals surface area (Å²) in [5, 5.41) is 0. The van der Waals surface area contributed by atoms with Crippen LogP contribution in [0.3, 0.4) is 0 Å². The van der Waals surface area contributed by atoms with E-state index in [-0.39, 0.29) is 4.90 Å². The molecule has 0 aliphatic rings. The molecule has 0 aliphatic heterocycles. The molecular formula is C16H15FO3S. The van der Waals surface area contributed by atoms with Crippen molar-refractivity contribution in [1.29, 1.82) is 0 Å². The highest BCUT2D eigenvalue weighted by molar-refractivity contribution is 7.92. The van der Waals surface area contributed by atoms with E-state index < -0.39 is 27.2 Å². The fourth-order valence-corrected chi connectivity index (χ4v) is 3.32. The Morgan fingerprint density at radius 1 is 1.05 bits per heavy atom. The third kappa shape index (κ3) is 3.55. The number of hydrogen-bond donors (Lipinski definition) is 0. The minimum Gasteiger partial charge on any atom is -0.293 e. The van der Waals surface area contributed by atoms with Crippen LogP contribution in [0.1, 0.15) is 21.5 Å². The van der Waals surface area contributed by atoms with Gasteiger partial charge in [-0.2, -0.15) is 0 Å². The van der Waals surface area contributed by atoms with Crippen LogP contribution in [0.25, 0.3) is 0 Å². The van der Waals surface area contributed by atoms with E-state index >= 15 is 0 Å². The molecule has 0 bridgehead atoms.